The minimum atomic E-state index is -1.28. The molecule has 0 aliphatic carbocycles. The molecule has 0 saturated carbocycles. The van der Waals surface area contributed by atoms with Crippen molar-refractivity contribution in [3.05, 3.63) is 35.9 Å². The smallest absolute Gasteiger partial charge is 0.314 e. The third kappa shape index (κ3) is 4.67. The topological polar surface area (TPSA) is 83.5 Å². The summed E-state index contributed by atoms with van der Waals surface area (Å²) in [6.45, 7) is 3.57. The van der Waals surface area contributed by atoms with Gasteiger partial charge < -0.3 is 10.4 Å². The minimum Gasteiger partial charge on any atom is -0.481 e. The number of benzene rings is 1. The van der Waals surface area contributed by atoms with Gasteiger partial charge in [0.1, 0.15) is 0 Å². The monoisotopic (exact) mass is 311 g/mol. The van der Waals surface area contributed by atoms with Crippen LogP contribution in [0.5, 0.6) is 0 Å². The van der Waals surface area contributed by atoms with E-state index in [0.29, 0.717) is 5.56 Å². The van der Waals surface area contributed by atoms with Crippen molar-refractivity contribution in [2.45, 2.75) is 30.9 Å². The first-order chi connectivity index (χ1) is 9.77. The fourth-order valence-electron chi connectivity index (χ4n) is 1.87. The molecule has 0 aliphatic heterocycles. The van der Waals surface area contributed by atoms with E-state index in [1.807, 2.05) is 0 Å². The molecule has 1 aromatic rings. The number of hydrogen-bond acceptors (Lipinski definition) is 3. The number of aliphatic carboxylic acids is 1. The van der Waals surface area contributed by atoms with E-state index in [1.54, 1.807) is 43.5 Å². The second kappa shape index (κ2) is 7.36. The molecule has 2 N–H and O–H groups in total. The van der Waals surface area contributed by atoms with E-state index >= 15 is 0 Å². The highest BCUT2D eigenvalue weighted by molar-refractivity contribution is 7.84. The fourth-order valence-corrected chi connectivity index (χ4v) is 2.18. The normalized spacial score (nSPS) is 16.5. The van der Waals surface area contributed by atoms with E-state index in [0.717, 1.165) is 0 Å². The Kier molecular flexibility index (Phi) is 6.08. The van der Waals surface area contributed by atoms with Crippen LogP contribution in [0.2, 0.25) is 0 Å². The summed E-state index contributed by atoms with van der Waals surface area (Å²) in [5.74, 6) is -1.41. The number of carboxylic acids is 1. The first kappa shape index (κ1) is 17.4. The summed E-state index contributed by atoms with van der Waals surface area (Å²) in [6.07, 6.45) is 1.41. The molecule has 0 aliphatic rings. The first-order valence-electron chi connectivity index (χ1n) is 6.65. The molecular weight excluding hydrogens is 290 g/mol. The molecule has 1 aromatic carbocycles. The van der Waals surface area contributed by atoms with Crippen molar-refractivity contribution in [1.29, 1.82) is 0 Å². The Balaban J connectivity index is 2.78. The molecule has 21 heavy (non-hydrogen) atoms. The van der Waals surface area contributed by atoms with Gasteiger partial charge in [-0.05, 0) is 19.4 Å². The average molecular weight is 311 g/mol. The van der Waals surface area contributed by atoms with Crippen LogP contribution in [0.25, 0.3) is 0 Å². The summed E-state index contributed by atoms with van der Waals surface area (Å²) in [6, 6.07) is 8.69. The largest absolute Gasteiger partial charge is 0.481 e. The van der Waals surface area contributed by atoms with Crippen molar-refractivity contribution >= 4 is 22.7 Å². The zero-order chi connectivity index (χ0) is 16.0. The van der Waals surface area contributed by atoms with Gasteiger partial charge in [-0.1, -0.05) is 30.3 Å². The highest BCUT2D eigenvalue weighted by Gasteiger charge is 2.37. The van der Waals surface area contributed by atoms with E-state index in [9.17, 15) is 18.9 Å². The van der Waals surface area contributed by atoms with Crippen LogP contribution in [0, 0.1) is 0 Å². The van der Waals surface area contributed by atoms with Gasteiger partial charge in [0, 0.05) is 35.3 Å². The van der Waals surface area contributed by atoms with Gasteiger partial charge in [-0.3, -0.25) is 13.8 Å². The van der Waals surface area contributed by atoms with Crippen LogP contribution in [-0.2, 0) is 25.8 Å². The van der Waals surface area contributed by atoms with E-state index in [4.69, 9.17) is 0 Å². The fraction of sp³-hybridized carbons (Fsp3) is 0.467. The maximum atomic E-state index is 12.0. The Morgan fingerprint density at radius 3 is 2.38 bits per heavy atom. The highest BCUT2D eigenvalue weighted by atomic mass is 32.2. The summed E-state index contributed by atoms with van der Waals surface area (Å²) in [5, 5.41) is 12.0. The van der Waals surface area contributed by atoms with E-state index in [2.05, 4.69) is 5.32 Å². The van der Waals surface area contributed by atoms with Gasteiger partial charge in [0.25, 0.3) is 0 Å². The van der Waals surface area contributed by atoms with E-state index in [1.165, 1.54) is 6.92 Å². The predicted octanol–water partition coefficient (Wildman–Crippen LogP) is 1.30. The second-order valence-corrected chi connectivity index (χ2v) is 7.10. The lowest BCUT2D eigenvalue weighted by atomic mass is 9.79. The summed E-state index contributed by atoms with van der Waals surface area (Å²) in [5.41, 5.74) is -0.695. The van der Waals surface area contributed by atoms with Crippen LogP contribution in [0.4, 0.5) is 0 Å². The van der Waals surface area contributed by atoms with Crippen molar-refractivity contribution in [2.75, 3.05) is 12.8 Å². The van der Waals surface area contributed by atoms with Crippen LogP contribution in [0.1, 0.15) is 25.8 Å². The summed E-state index contributed by atoms with van der Waals surface area (Å²) >= 11 is 0. The molecule has 0 aromatic heterocycles. The Hall–Kier alpha value is -1.69. The standard InChI is InChI=1S/C15H21NO4S/c1-11(21(3)20)10-16-13(17)9-15(2,14(18)19)12-7-5-4-6-8-12/h4-8,11H,9-10H2,1-3H3,(H,16,17)(H,18,19). The molecule has 3 atom stereocenters. The van der Waals surface area contributed by atoms with Gasteiger partial charge >= 0.3 is 5.97 Å². The summed E-state index contributed by atoms with van der Waals surface area (Å²) < 4.78 is 11.2. The minimum absolute atomic E-state index is 0.157. The van der Waals surface area contributed by atoms with Crippen LogP contribution >= 0.6 is 0 Å². The lowest BCUT2D eigenvalue weighted by Gasteiger charge is -2.25. The third-order valence-electron chi connectivity index (χ3n) is 3.55. The summed E-state index contributed by atoms with van der Waals surface area (Å²) in [7, 11) is -1.03. The van der Waals surface area contributed by atoms with Crippen LogP contribution in [-0.4, -0.2) is 39.2 Å². The molecule has 0 heterocycles. The Labute approximate surface area is 127 Å². The molecular formula is C15H21NO4S. The van der Waals surface area contributed by atoms with Crippen LogP contribution < -0.4 is 5.32 Å². The van der Waals surface area contributed by atoms with E-state index in [-0.39, 0.29) is 24.1 Å². The third-order valence-corrected chi connectivity index (χ3v) is 4.85. The van der Waals surface area contributed by atoms with Gasteiger partial charge in [-0.2, -0.15) is 0 Å². The van der Waals surface area contributed by atoms with Gasteiger partial charge in [0.2, 0.25) is 5.91 Å². The molecule has 0 radical (unpaired) electrons. The van der Waals surface area contributed by atoms with Crippen molar-refractivity contribution in [2.24, 2.45) is 0 Å². The molecule has 0 fully saturated rings. The maximum absolute atomic E-state index is 12.0. The molecule has 5 nitrogen and oxygen atoms in total. The SMILES string of the molecule is CC(CNC(=O)CC(C)(C(=O)O)c1ccccc1)S(C)=O. The lowest BCUT2D eigenvalue weighted by molar-refractivity contribution is -0.145. The summed E-state index contributed by atoms with van der Waals surface area (Å²) in [4.78, 5) is 23.6. The van der Waals surface area contributed by atoms with Crippen molar-refractivity contribution < 1.29 is 18.9 Å². The average Bonchev–Trinajstić information content (AvgIpc) is 2.45. The lowest BCUT2D eigenvalue weighted by Crippen LogP contribution is -2.41. The Morgan fingerprint density at radius 1 is 1.33 bits per heavy atom. The molecule has 3 unspecified atom stereocenters. The number of carbonyl (C=O) groups is 2. The number of hydrogen-bond donors (Lipinski definition) is 2. The van der Waals surface area contributed by atoms with Crippen LogP contribution in [0.3, 0.4) is 0 Å². The number of nitrogens with one attached hydrogen (secondary N) is 1. The molecule has 1 amide bonds. The van der Waals surface area contributed by atoms with Crippen molar-refractivity contribution in [3.8, 4) is 0 Å². The van der Waals surface area contributed by atoms with E-state index < -0.39 is 22.2 Å². The molecule has 0 spiro atoms. The zero-order valence-corrected chi connectivity index (χ0v) is 13.3. The van der Waals surface area contributed by atoms with Crippen molar-refractivity contribution in [3.63, 3.8) is 0 Å². The van der Waals surface area contributed by atoms with Gasteiger partial charge in [0.05, 0.1) is 5.41 Å². The first-order valence-corrected chi connectivity index (χ1v) is 8.27. The Bertz CT molecular complexity index is 532. The molecule has 1 rings (SSSR count). The maximum Gasteiger partial charge on any atom is 0.314 e. The molecule has 0 saturated heterocycles. The zero-order valence-electron chi connectivity index (χ0n) is 12.5. The highest BCUT2D eigenvalue weighted by Crippen LogP contribution is 2.27. The molecule has 116 valence electrons. The molecule has 0 bridgehead atoms. The van der Waals surface area contributed by atoms with Crippen molar-refractivity contribution in [1.82, 2.24) is 5.32 Å². The van der Waals surface area contributed by atoms with Gasteiger partial charge in [-0.25, -0.2) is 0 Å². The quantitative estimate of drug-likeness (QED) is 0.795. The van der Waals surface area contributed by atoms with Gasteiger partial charge in [0.15, 0.2) is 0 Å². The van der Waals surface area contributed by atoms with Gasteiger partial charge in [-0.15, -0.1) is 0 Å². The molecule has 6 heteroatoms. The van der Waals surface area contributed by atoms with Crippen LogP contribution in [0.15, 0.2) is 30.3 Å². The number of carboxylic acid groups (broad SMARTS) is 1. The number of rotatable bonds is 7. The second-order valence-electron chi connectivity index (χ2n) is 5.29. The Morgan fingerprint density at radius 2 is 1.90 bits per heavy atom. The number of amides is 1. The number of carbonyl (C=O) groups excluding carboxylic acids is 1. The predicted molar refractivity (Wildman–Crippen MR) is 82.6 cm³/mol.